The number of carbonyl (C=O) groups excluding carboxylic acids is 1. The number of thiazole rings is 1. The van der Waals surface area contributed by atoms with Gasteiger partial charge in [0.05, 0.1) is 10.6 Å². The van der Waals surface area contributed by atoms with Gasteiger partial charge in [-0.05, 0) is 41.8 Å². The summed E-state index contributed by atoms with van der Waals surface area (Å²) in [7, 11) is 0. The lowest BCUT2D eigenvalue weighted by molar-refractivity contribution is 0.102. The van der Waals surface area contributed by atoms with Crippen LogP contribution in [0.5, 0.6) is 11.5 Å². The van der Waals surface area contributed by atoms with Crippen LogP contribution in [0.15, 0.2) is 77.5 Å². The molecule has 128 valence electrons. The Hall–Kier alpha value is -2.96. The minimum absolute atomic E-state index is 0.212. The Morgan fingerprint density at radius 2 is 1.77 bits per heavy atom. The number of benzene rings is 2. The third kappa shape index (κ3) is 3.82. The molecule has 1 amide bonds. The Morgan fingerprint density at radius 1 is 0.923 bits per heavy atom. The van der Waals surface area contributed by atoms with Crippen molar-refractivity contribution >= 4 is 33.7 Å². The molecule has 2 heterocycles. The van der Waals surface area contributed by atoms with E-state index in [9.17, 15) is 4.79 Å². The molecule has 4 aromatic rings. The number of ether oxygens (including phenoxy) is 1. The number of amides is 1. The van der Waals surface area contributed by atoms with E-state index in [1.165, 1.54) is 11.3 Å². The molecule has 2 aromatic heterocycles. The molecule has 0 aliphatic heterocycles. The summed E-state index contributed by atoms with van der Waals surface area (Å²) in [5.41, 5.74) is 1.40. The summed E-state index contributed by atoms with van der Waals surface area (Å²) < 4.78 is 5.78. The van der Waals surface area contributed by atoms with Gasteiger partial charge in [-0.1, -0.05) is 30.3 Å². The van der Waals surface area contributed by atoms with Crippen molar-refractivity contribution < 1.29 is 9.53 Å². The Morgan fingerprint density at radius 3 is 2.58 bits per heavy atom. The molecule has 0 bridgehead atoms. The van der Waals surface area contributed by atoms with Crippen molar-refractivity contribution in [3.05, 3.63) is 83.1 Å². The van der Waals surface area contributed by atoms with E-state index in [0.29, 0.717) is 16.4 Å². The van der Waals surface area contributed by atoms with Gasteiger partial charge in [-0.2, -0.15) is 0 Å². The van der Waals surface area contributed by atoms with Crippen molar-refractivity contribution in [3.63, 3.8) is 0 Å². The lowest BCUT2D eigenvalue weighted by Crippen LogP contribution is -2.11. The number of rotatable bonds is 5. The maximum atomic E-state index is 12.5. The summed E-state index contributed by atoms with van der Waals surface area (Å²) in [6.45, 7) is 0. The van der Waals surface area contributed by atoms with Crippen molar-refractivity contribution in [1.82, 2.24) is 4.98 Å². The third-order valence-corrected chi connectivity index (χ3v) is 5.22. The normalized spacial score (nSPS) is 10.5. The number of para-hydroxylation sites is 1. The average molecular weight is 378 g/mol. The van der Waals surface area contributed by atoms with Gasteiger partial charge in [-0.25, -0.2) is 4.98 Å². The van der Waals surface area contributed by atoms with Crippen LogP contribution in [0, 0.1) is 0 Å². The number of thiophene rings is 1. The second-order valence-corrected chi connectivity index (χ2v) is 7.22. The van der Waals surface area contributed by atoms with Crippen molar-refractivity contribution in [3.8, 4) is 22.1 Å². The molecule has 0 radical (unpaired) electrons. The molecule has 26 heavy (non-hydrogen) atoms. The van der Waals surface area contributed by atoms with Crippen LogP contribution in [0.3, 0.4) is 0 Å². The molecule has 2 aromatic carbocycles. The molecular weight excluding hydrogens is 364 g/mol. The third-order valence-electron chi connectivity index (χ3n) is 3.57. The summed E-state index contributed by atoms with van der Waals surface area (Å²) in [5.74, 6) is 1.13. The highest BCUT2D eigenvalue weighted by Gasteiger charge is 2.11. The van der Waals surface area contributed by atoms with E-state index in [1.54, 1.807) is 29.5 Å². The molecule has 0 saturated heterocycles. The van der Waals surface area contributed by atoms with Crippen LogP contribution in [-0.4, -0.2) is 10.9 Å². The first-order valence-electron chi connectivity index (χ1n) is 7.92. The van der Waals surface area contributed by atoms with Gasteiger partial charge >= 0.3 is 0 Å². The van der Waals surface area contributed by atoms with E-state index in [0.717, 1.165) is 16.3 Å². The Kier molecular flexibility index (Phi) is 4.77. The predicted octanol–water partition coefficient (Wildman–Crippen LogP) is 5.92. The summed E-state index contributed by atoms with van der Waals surface area (Å²) in [6.07, 6.45) is 0. The number of aromatic nitrogens is 1. The van der Waals surface area contributed by atoms with Gasteiger partial charge in [-0.15, -0.1) is 22.7 Å². The predicted molar refractivity (Wildman–Crippen MR) is 106 cm³/mol. The van der Waals surface area contributed by atoms with Crippen molar-refractivity contribution in [1.29, 1.82) is 0 Å². The SMILES string of the molecule is O=C(Nc1nc(-c2cccs2)cs1)c1cccc(Oc2ccccc2)c1. The summed E-state index contributed by atoms with van der Waals surface area (Å²) in [4.78, 5) is 18.1. The number of hydrogen-bond acceptors (Lipinski definition) is 5. The minimum atomic E-state index is -0.212. The maximum Gasteiger partial charge on any atom is 0.257 e. The van der Waals surface area contributed by atoms with Gasteiger partial charge in [0.2, 0.25) is 0 Å². The van der Waals surface area contributed by atoms with Gasteiger partial charge in [0.15, 0.2) is 5.13 Å². The topological polar surface area (TPSA) is 51.2 Å². The van der Waals surface area contributed by atoms with Crippen molar-refractivity contribution in [2.75, 3.05) is 5.32 Å². The number of nitrogens with one attached hydrogen (secondary N) is 1. The molecule has 4 nitrogen and oxygen atoms in total. The first-order valence-corrected chi connectivity index (χ1v) is 9.67. The van der Waals surface area contributed by atoms with E-state index in [1.807, 2.05) is 59.3 Å². The summed E-state index contributed by atoms with van der Waals surface area (Å²) in [6, 6.07) is 20.5. The van der Waals surface area contributed by atoms with Gasteiger partial charge in [-0.3, -0.25) is 10.1 Å². The molecule has 0 aliphatic carbocycles. The van der Waals surface area contributed by atoms with Crippen LogP contribution in [0.2, 0.25) is 0 Å². The van der Waals surface area contributed by atoms with Gasteiger partial charge in [0.25, 0.3) is 5.91 Å². The minimum Gasteiger partial charge on any atom is -0.457 e. The van der Waals surface area contributed by atoms with Crippen LogP contribution in [-0.2, 0) is 0 Å². The molecule has 0 unspecified atom stereocenters. The Bertz CT molecular complexity index is 1010. The van der Waals surface area contributed by atoms with Crippen molar-refractivity contribution in [2.45, 2.75) is 0 Å². The fourth-order valence-corrected chi connectivity index (χ4v) is 3.83. The number of hydrogen-bond donors (Lipinski definition) is 1. The van der Waals surface area contributed by atoms with E-state index in [2.05, 4.69) is 10.3 Å². The van der Waals surface area contributed by atoms with Crippen LogP contribution in [0.1, 0.15) is 10.4 Å². The Balaban J connectivity index is 1.47. The highest BCUT2D eigenvalue weighted by molar-refractivity contribution is 7.16. The first kappa shape index (κ1) is 16.5. The molecule has 4 rings (SSSR count). The molecule has 0 saturated carbocycles. The Labute approximate surface area is 158 Å². The van der Waals surface area contributed by atoms with Crippen molar-refractivity contribution in [2.24, 2.45) is 0 Å². The van der Waals surface area contributed by atoms with E-state index < -0.39 is 0 Å². The van der Waals surface area contributed by atoms with Gasteiger partial charge < -0.3 is 4.74 Å². The van der Waals surface area contributed by atoms with Crippen LogP contribution in [0.4, 0.5) is 5.13 Å². The number of anilines is 1. The molecule has 0 fully saturated rings. The lowest BCUT2D eigenvalue weighted by Gasteiger charge is -2.07. The second kappa shape index (κ2) is 7.51. The molecule has 6 heteroatoms. The first-order chi connectivity index (χ1) is 12.8. The number of nitrogens with zero attached hydrogens (tertiary/aromatic N) is 1. The number of carbonyl (C=O) groups is 1. The summed E-state index contributed by atoms with van der Waals surface area (Å²) >= 11 is 3.03. The zero-order valence-electron chi connectivity index (χ0n) is 13.6. The highest BCUT2D eigenvalue weighted by atomic mass is 32.1. The highest BCUT2D eigenvalue weighted by Crippen LogP contribution is 2.29. The van der Waals surface area contributed by atoms with Crippen LogP contribution in [0.25, 0.3) is 10.6 Å². The fraction of sp³-hybridized carbons (Fsp3) is 0. The van der Waals surface area contributed by atoms with Crippen LogP contribution < -0.4 is 10.1 Å². The van der Waals surface area contributed by atoms with Crippen LogP contribution >= 0.6 is 22.7 Å². The largest absolute Gasteiger partial charge is 0.457 e. The zero-order chi connectivity index (χ0) is 17.8. The molecule has 0 atom stereocenters. The zero-order valence-corrected chi connectivity index (χ0v) is 15.2. The standard InChI is InChI=1S/C20H14N2O2S2/c23-19(22-20-21-17(13-26-20)18-10-5-11-25-18)14-6-4-9-16(12-14)24-15-7-2-1-3-8-15/h1-13H,(H,21,22,23). The van der Waals surface area contributed by atoms with E-state index >= 15 is 0 Å². The second-order valence-electron chi connectivity index (χ2n) is 5.41. The molecular formula is C20H14N2O2S2. The van der Waals surface area contributed by atoms with Gasteiger partial charge in [0.1, 0.15) is 11.5 Å². The average Bonchev–Trinajstić information content (AvgIpc) is 3.34. The van der Waals surface area contributed by atoms with E-state index in [-0.39, 0.29) is 5.91 Å². The monoisotopic (exact) mass is 378 g/mol. The lowest BCUT2D eigenvalue weighted by atomic mass is 10.2. The molecule has 0 aliphatic rings. The van der Waals surface area contributed by atoms with Gasteiger partial charge in [0, 0.05) is 10.9 Å². The molecule has 1 N–H and O–H groups in total. The summed E-state index contributed by atoms with van der Waals surface area (Å²) in [5, 5.41) is 7.37. The maximum absolute atomic E-state index is 12.5. The fourth-order valence-electron chi connectivity index (χ4n) is 2.36. The smallest absolute Gasteiger partial charge is 0.257 e. The molecule has 0 spiro atoms. The quantitative estimate of drug-likeness (QED) is 0.469. The van der Waals surface area contributed by atoms with E-state index in [4.69, 9.17) is 4.74 Å².